The van der Waals surface area contributed by atoms with Crippen LogP contribution >= 0.6 is 0 Å². The van der Waals surface area contributed by atoms with Gasteiger partial charge in [-0.05, 0) is 30.7 Å². The monoisotopic (exact) mass is 323 g/mol. The van der Waals surface area contributed by atoms with Crippen LogP contribution in [0.4, 0.5) is 5.82 Å². The Morgan fingerprint density at radius 2 is 2.29 bits per heavy atom. The van der Waals surface area contributed by atoms with Crippen molar-refractivity contribution >= 4 is 11.7 Å². The number of carbonyl (C=O) groups excluding carboxylic acids is 1. The second kappa shape index (κ2) is 6.91. The van der Waals surface area contributed by atoms with E-state index in [-0.39, 0.29) is 23.5 Å². The number of anilines is 1. The molecule has 7 heteroatoms. The summed E-state index contributed by atoms with van der Waals surface area (Å²) in [4.78, 5) is 24.9. The summed E-state index contributed by atoms with van der Waals surface area (Å²) in [5, 5.41) is 2.88. The lowest BCUT2D eigenvalue weighted by molar-refractivity contribution is 0.0940. The molecule has 3 rings (SSSR count). The molecule has 1 unspecified atom stereocenters. The number of carbonyl (C=O) groups is 1. The molecule has 0 spiro atoms. The molecule has 1 aliphatic carbocycles. The first-order valence-corrected chi connectivity index (χ1v) is 7.43. The molecule has 7 nitrogen and oxygen atoms in total. The second-order valence-electron chi connectivity index (χ2n) is 5.22. The summed E-state index contributed by atoms with van der Waals surface area (Å²) >= 11 is 0. The van der Waals surface area contributed by atoms with Crippen LogP contribution in [0, 0.1) is 0 Å². The largest absolute Gasteiger partial charge is 0.497 e. The quantitative estimate of drug-likeness (QED) is 0.888. The van der Waals surface area contributed by atoms with Gasteiger partial charge in [0.2, 0.25) is 0 Å². The third-order valence-electron chi connectivity index (χ3n) is 3.59. The number of ether oxygens (including phenoxy) is 1. The molecule has 2 heterocycles. The summed E-state index contributed by atoms with van der Waals surface area (Å²) in [6.45, 7) is 0. The number of hydrogen-bond donors (Lipinski definition) is 2. The molecule has 0 saturated heterocycles. The fraction of sp³-hybridized carbons (Fsp3) is 0.176. The van der Waals surface area contributed by atoms with Crippen LogP contribution in [0.3, 0.4) is 0 Å². The third-order valence-corrected chi connectivity index (χ3v) is 3.59. The van der Waals surface area contributed by atoms with Crippen LogP contribution in [-0.4, -0.2) is 34.0 Å². The Morgan fingerprint density at radius 1 is 1.42 bits per heavy atom. The van der Waals surface area contributed by atoms with Crippen molar-refractivity contribution in [3.8, 4) is 11.3 Å². The summed E-state index contributed by atoms with van der Waals surface area (Å²) in [6, 6.07) is 3.50. The first kappa shape index (κ1) is 15.7. The molecule has 1 aliphatic rings. The maximum atomic E-state index is 12.5. The number of allylic oxidation sites excluding steroid dienone is 1. The molecule has 2 aromatic rings. The Labute approximate surface area is 139 Å². The Hall–Kier alpha value is -3.22. The predicted molar refractivity (Wildman–Crippen MR) is 89.8 cm³/mol. The van der Waals surface area contributed by atoms with Crippen molar-refractivity contribution in [2.24, 2.45) is 0 Å². The van der Waals surface area contributed by atoms with Crippen LogP contribution in [0.5, 0.6) is 0 Å². The van der Waals surface area contributed by atoms with Gasteiger partial charge in [-0.3, -0.25) is 9.78 Å². The molecule has 122 valence electrons. The number of nitrogens with zero attached hydrogens (tertiary/aromatic N) is 3. The van der Waals surface area contributed by atoms with Crippen molar-refractivity contribution in [2.45, 2.75) is 12.5 Å². The summed E-state index contributed by atoms with van der Waals surface area (Å²) in [5.41, 5.74) is 7.23. The smallest absolute Gasteiger partial charge is 0.274 e. The highest BCUT2D eigenvalue weighted by atomic mass is 16.5. The molecule has 1 atom stereocenters. The van der Waals surface area contributed by atoms with Crippen LogP contribution < -0.4 is 11.1 Å². The van der Waals surface area contributed by atoms with Gasteiger partial charge in [0, 0.05) is 18.0 Å². The van der Waals surface area contributed by atoms with E-state index in [1.807, 2.05) is 24.3 Å². The van der Waals surface area contributed by atoms with Crippen molar-refractivity contribution in [2.75, 3.05) is 12.8 Å². The molecule has 0 aliphatic heterocycles. The minimum absolute atomic E-state index is 0.0908. The zero-order valence-corrected chi connectivity index (χ0v) is 13.1. The van der Waals surface area contributed by atoms with Gasteiger partial charge in [-0.1, -0.05) is 6.08 Å². The predicted octanol–water partition coefficient (Wildman–Crippen LogP) is 1.71. The van der Waals surface area contributed by atoms with Crippen LogP contribution in [0.2, 0.25) is 0 Å². The highest BCUT2D eigenvalue weighted by molar-refractivity contribution is 5.97. The van der Waals surface area contributed by atoms with Gasteiger partial charge in [0.05, 0.1) is 25.0 Å². The van der Waals surface area contributed by atoms with E-state index < -0.39 is 0 Å². The van der Waals surface area contributed by atoms with Crippen LogP contribution in [0.1, 0.15) is 16.9 Å². The molecule has 0 fully saturated rings. The molecule has 0 saturated carbocycles. The number of hydrogen-bond acceptors (Lipinski definition) is 6. The van der Waals surface area contributed by atoms with Crippen molar-refractivity contribution in [3.63, 3.8) is 0 Å². The third kappa shape index (κ3) is 3.40. The van der Waals surface area contributed by atoms with Crippen molar-refractivity contribution in [1.29, 1.82) is 0 Å². The Bertz CT molecular complexity index is 802. The van der Waals surface area contributed by atoms with Gasteiger partial charge < -0.3 is 15.8 Å². The average molecular weight is 323 g/mol. The van der Waals surface area contributed by atoms with Crippen LogP contribution in [0.15, 0.2) is 54.7 Å². The summed E-state index contributed by atoms with van der Waals surface area (Å²) < 4.78 is 5.13. The number of nitrogen functional groups attached to an aromatic ring is 1. The number of aromatic nitrogens is 3. The van der Waals surface area contributed by atoms with Crippen molar-refractivity contribution in [3.05, 3.63) is 60.4 Å². The van der Waals surface area contributed by atoms with E-state index in [1.165, 1.54) is 6.20 Å². The number of amides is 1. The topological polar surface area (TPSA) is 103 Å². The van der Waals surface area contributed by atoms with E-state index in [0.717, 1.165) is 11.3 Å². The fourth-order valence-electron chi connectivity index (χ4n) is 2.31. The molecule has 0 aromatic carbocycles. The van der Waals surface area contributed by atoms with Crippen molar-refractivity contribution in [1.82, 2.24) is 20.3 Å². The zero-order chi connectivity index (χ0) is 16.9. The van der Waals surface area contributed by atoms with E-state index in [1.54, 1.807) is 25.6 Å². The Morgan fingerprint density at radius 3 is 2.96 bits per heavy atom. The van der Waals surface area contributed by atoms with Gasteiger partial charge in [0.1, 0.15) is 5.76 Å². The zero-order valence-electron chi connectivity index (χ0n) is 13.1. The molecule has 0 radical (unpaired) electrons. The first-order chi connectivity index (χ1) is 11.7. The minimum Gasteiger partial charge on any atom is -0.497 e. The second-order valence-corrected chi connectivity index (χ2v) is 5.22. The molecule has 24 heavy (non-hydrogen) atoms. The van der Waals surface area contributed by atoms with Crippen molar-refractivity contribution < 1.29 is 9.53 Å². The van der Waals surface area contributed by atoms with E-state index in [0.29, 0.717) is 12.1 Å². The lowest BCUT2D eigenvalue weighted by atomic mass is 10.1. The molecule has 0 bridgehead atoms. The van der Waals surface area contributed by atoms with Gasteiger partial charge in [-0.2, -0.15) is 0 Å². The van der Waals surface area contributed by atoms with Gasteiger partial charge in [-0.15, -0.1) is 0 Å². The minimum atomic E-state index is -0.366. The summed E-state index contributed by atoms with van der Waals surface area (Å²) in [6.07, 6.45) is 11.1. The maximum Gasteiger partial charge on any atom is 0.274 e. The Balaban J connectivity index is 1.78. The van der Waals surface area contributed by atoms with E-state index >= 15 is 0 Å². The molecular weight excluding hydrogens is 306 g/mol. The standard InChI is InChI=1S/C17H17N5O2/c1-24-13-6-4-12(5-7-13)21-17(23)15-16(18)20-10-14(22-15)11-3-2-8-19-9-11/h2-4,6-10,12H,5H2,1H3,(H2,18,20)(H,21,23). The van der Waals surface area contributed by atoms with E-state index in [9.17, 15) is 4.79 Å². The number of methoxy groups -OCH3 is 1. The van der Waals surface area contributed by atoms with Crippen LogP contribution in [0.25, 0.3) is 11.3 Å². The molecule has 3 N–H and O–H groups in total. The fourth-order valence-corrected chi connectivity index (χ4v) is 2.31. The average Bonchev–Trinajstić information content (AvgIpc) is 2.63. The number of rotatable bonds is 4. The highest BCUT2D eigenvalue weighted by Crippen LogP contribution is 2.18. The van der Waals surface area contributed by atoms with E-state index in [4.69, 9.17) is 10.5 Å². The van der Waals surface area contributed by atoms with Gasteiger partial charge in [0.15, 0.2) is 11.5 Å². The summed E-state index contributed by atoms with van der Waals surface area (Å²) in [7, 11) is 1.61. The SMILES string of the molecule is COC1=CCC(NC(=O)c2nc(-c3cccnc3)cnc2N)C=C1. The van der Waals surface area contributed by atoms with Gasteiger partial charge >= 0.3 is 0 Å². The number of nitrogens with two attached hydrogens (primary N) is 1. The van der Waals surface area contributed by atoms with Gasteiger partial charge in [-0.25, -0.2) is 9.97 Å². The number of nitrogens with one attached hydrogen (secondary N) is 1. The summed E-state index contributed by atoms with van der Waals surface area (Å²) in [5.74, 6) is 0.501. The van der Waals surface area contributed by atoms with Gasteiger partial charge in [0.25, 0.3) is 5.91 Å². The molecular formula is C17H17N5O2. The highest BCUT2D eigenvalue weighted by Gasteiger charge is 2.18. The number of pyridine rings is 1. The molecule has 2 aromatic heterocycles. The lowest BCUT2D eigenvalue weighted by Crippen LogP contribution is -2.35. The normalized spacial score (nSPS) is 16.4. The molecule has 1 amide bonds. The first-order valence-electron chi connectivity index (χ1n) is 7.43. The lowest BCUT2D eigenvalue weighted by Gasteiger charge is -2.17. The Kier molecular flexibility index (Phi) is 4.51. The van der Waals surface area contributed by atoms with E-state index in [2.05, 4.69) is 20.3 Å². The maximum absolute atomic E-state index is 12.5. The van der Waals surface area contributed by atoms with Crippen LogP contribution in [-0.2, 0) is 4.74 Å².